The molecule has 0 aromatic heterocycles. The van der Waals surface area contributed by atoms with Crippen LogP contribution < -0.4 is 5.73 Å². The van der Waals surface area contributed by atoms with Crippen molar-refractivity contribution in [1.29, 1.82) is 0 Å². The van der Waals surface area contributed by atoms with Gasteiger partial charge in [0.1, 0.15) is 0 Å². The molecular formula is C15H26N2. The van der Waals surface area contributed by atoms with Crippen molar-refractivity contribution in [1.82, 2.24) is 4.90 Å². The third-order valence-corrected chi connectivity index (χ3v) is 3.23. The predicted octanol–water partition coefficient (Wildman–Crippen LogP) is 2.88. The maximum atomic E-state index is 6.17. The van der Waals surface area contributed by atoms with E-state index >= 15 is 0 Å². The average molecular weight is 234 g/mol. The molecule has 0 saturated heterocycles. The highest BCUT2D eigenvalue weighted by molar-refractivity contribution is 5.14. The Morgan fingerprint density at radius 1 is 1.18 bits per heavy atom. The summed E-state index contributed by atoms with van der Waals surface area (Å²) < 4.78 is 0. The van der Waals surface area contributed by atoms with E-state index in [2.05, 4.69) is 63.1 Å². The molecule has 0 bridgehead atoms. The summed E-state index contributed by atoms with van der Waals surface area (Å²) in [6, 6.07) is 10.8. The smallest absolute Gasteiger partial charge is 0.0230 e. The van der Waals surface area contributed by atoms with Crippen LogP contribution in [0.3, 0.4) is 0 Å². The van der Waals surface area contributed by atoms with Gasteiger partial charge < -0.3 is 10.6 Å². The monoisotopic (exact) mass is 234 g/mol. The lowest BCUT2D eigenvalue weighted by Gasteiger charge is -2.28. The van der Waals surface area contributed by atoms with Crippen molar-refractivity contribution in [2.24, 2.45) is 11.1 Å². The molecule has 1 atom stereocenters. The average Bonchev–Trinajstić information content (AvgIpc) is 2.26. The quantitative estimate of drug-likeness (QED) is 0.849. The molecule has 96 valence electrons. The third-order valence-electron chi connectivity index (χ3n) is 3.23. The van der Waals surface area contributed by atoms with Crippen LogP contribution in [0.2, 0.25) is 0 Å². The first-order chi connectivity index (χ1) is 7.89. The van der Waals surface area contributed by atoms with Crippen molar-refractivity contribution < 1.29 is 0 Å². The molecule has 1 aromatic carbocycles. The zero-order valence-electron chi connectivity index (χ0n) is 11.6. The predicted molar refractivity (Wildman–Crippen MR) is 74.8 cm³/mol. The second-order valence-corrected chi connectivity index (χ2v) is 5.98. The van der Waals surface area contributed by atoms with Gasteiger partial charge in [-0.1, -0.05) is 51.1 Å². The van der Waals surface area contributed by atoms with Crippen LogP contribution in [0.25, 0.3) is 0 Å². The normalized spacial score (nSPS) is 14.0. The van der Waals surface area contributed by atoms with Crippen molar-refractivity contribution in [2.45, 2.75) is 39.8 Å². The van der Waals surface area contributed by atoms with E-state index in [1.54, 1.807) is 0 Å². The fourth-order valence-corrected chi connectivity index (χ4v) is 1.77. The molecule has 0 saturated carbocycles. The molecule has 0 aliphatic rings. The van der Waals surface area contributed by atoms with Gasteiger partial charge in [-0.25, -0.2) is 0 Å². The molecule has 2 N–H and O–H groups in total. The lowest BCUT2D eigenvalue weighted by molar-refractivity contribution is 0.251. The second-order valence-electron chi connectivity index (χ2n) is 5.98. The zero-order chi connectivity index (χ0) is 12.9. The van der Waals surface area contributed by atoms with Gasteiger partial charge in [0.15, 0.2) is 0 Å². The van der Waals surface area contributed by atoms with Crippen LogP contribution >= 0.6 is 0 Å². The van der Waals surface area contributed by atoms with E-state index in [0.717, 1.165) is 19.5 Å². The largest absolute Gasteiger partial charge is 0.327 e. The Morgan fingerprint density at radius 3 is 2.29 bits per heavy atom. The van der Waals surface area contributed by atoms with Crippen LogP contribution in [0.5, 0.6) is 0 Å². The first-order valence-electron chi connectivity index (χ1n) is 6.37. The van der Waals surface area contributed by atoms with Crippen LogP contribution in [-0.2, 0) is 6.54 Å². The van der Waals surface area contributed by atoms with Gasteiger partial charge in [-0.15, -0.1) is 0 Å². The Kier molecular flexibility index (Phi) is 5.16. The highest BCUT2D eigenvalue weighted by Gasteiger charge is 2.20. The van der Waals surface area contributed by atoms with Gasteiger partial charge in [-0.05, 0) is 31.0 Å². The summed E-state index contributed by atoms with van der Waals surface area (Å²) in [7, 11) is 2.16. The van der Waals surface area contributed by atoms with E-state index in [0.29, 0.717) is 0 Å². The number of nitrogens with zero attached hydrogens (tertiary/aromatic N) is 1. The van der Waals surface area contributed by atoms with E-state index in [4.69, 9.17) is 5.73 Å². The molecule has 0 radical (unpaired) electrons. The minimum atomic E-state index is 0.202. The minimum absolute atomic E-state index is 0.202. The van der Waals surface area contributed by atoms with E-state index < -0.39 is 0 Å². The maximum Gasteiger partial charge on any atom is 0.0230 e. The summed E-state index contributed by atoms with van der Waals surface area (Å²) in [4.78, 5) is 2.33. The number of benzene rings is 1. The standard InChI is InChI=1S/C15H26N2/c1-15(2,3)14(16)10-11-17(4)12-13-8-6-5-7-9-13/h5-9,14H,10-12,16H2,1-4H3. The van der Waals surface area contributed by atoms with Crippen molar-refractivity contribution in [3.8, 4) is 0 Å². The van der Waals surface area contributed by atoms with Gasteiger partial charge in [-0.3, -0.25) is 0 Å². The molecule has 0 amide bonds. The molecule has 0 spiro atoms. The first kappa shape index (κ1) is 14.2. The number of nitrogens with two attached hydrogens (primary N) is 1. The van der Waals surface area contributed by atoms with Crippen LogP contribution in [0.4, 0.5) is 0 Å². The highest BCUT2D eigenvalue weighted by atomic mass is 15.1. The van der Waals surface area contributed by atoms with E-state index in [-0.39, 0.29) is 11.5 Å². The summed E-state index contributed by atoms with van der Waals surface area (Å²) in [6.07, 6.45) is 1.05. The molecule has 0 heterocycles. The summed E-state index contributed by atoms with van der Waals surface area (Å²) in [5.74, 6) is 0. The van der Waals surface area contributed by atoms with Crippen molar-refractivity contribution >= 4 is 0 Å². The molecule has 1 unspecified atom stereocenters. The molecule has 2 heteroatoms. The molecule has 1 aromatic rings. The zero-order valence-corrected chi connectivity index (χ0v) is 11.6. The second kappa shape index (κ2) is 6.18. The van der Waals surface area contributed by atoms with Crippen molar-refractivity contribution in [3.63, 3.8) is 0 Å². The Hall–Kier alpha value is -0.860. The lowest BCUT2D eigenvalue weighted by atomic mass is 9.85. The number of hydrogen-bond donors (Lipinski definition) is 1. The molecule has 0 fully saturated rings. The van der Waals surface area contributed by atoms with Gasteiger partial charge >= 0.3 is 0 Å². The van der Waals surface area contributed by atoms with Gasteiger partial charge in [0.2, 0.25) is 0 Å². The first-order valence-corrected chi connectivity index (χ1v) is 6.37. The summed E-state index contributed by atoms with van der Waals surface area (Å²) >= 11 is 0. The topological polar surface area (TPSA) is 29.3 Å². The number of hydrogen-bond acceptors (Lipinski definition) is 2. The lowest BCUT2D eigenvalue weighted by Crippen LogP contribution is -2.37. The molecule has 0 aliphatic carbocycles. The van der Waals surface area contributed by atoms with Gasteiger partial charge in [-0.2, -0.15) is 0 Å². The van der Waals surface area contributed by atoms with E-state index in [9.17, 15) is 0 Å². The molecular weight excluding hydrogens is 208 g/mol. The van der Waals surface area contributed by atoms with Gasteiger partial charge in [0.25, 0.3) is 0 Å². The summed E-state index contributed by atoms with van der Waals surface area (Å²) in [5, 5.41) is 0. The fourth-order valence-electron chi connectivity index (χ4n) is 1.77. The Balaban J connectivity index is 2.33. The van der Waals surface area contributed by atoms with E-state index in [1.165, 1.54) is 5.56 Å². The van der Waals surface area contributed by atoms with Crippen LogP contribution in [0.1, 0.15) is 32.8 Å². The minimum Gasteiger partial charge on any atom is -0.327 e. The summed E-state index contributed by atoms with van der Waals surface area (Å²) in [6.45, 7) is 8.66. The maximum absolute atomic E-state index is 6.17. The highest BCUT2D eigenvalue weighted by Crippen LogP contribution is 2.19. The van der Waals surface area contributed by atoms with Crippen LogP contribution in [-0.4, -0.2) is 24.5 Å². The fraction of sp³-hybridized carbons (Fsp3) is 0.600. The summed E-state index contributed by atoms with van der Waals surface area (Å²) in [5.41, 5.74) is 7.73. The van der Waals surface area contributed by atoms with Gasteiger partial charge in [0, 0.05) is 12.6 Å². The Labute approximate surface area is 106 Å². The Bertz CT molecular complexity index is 313. The third kappa shape index (κ3) is 5.33. The van der Waals surface area contributed by atoms with Crippen LogP contribution in [0, 0.1) is 5.41 Å². The molecule has 0 aliphatic heterocycles. The van der Waals surface area contributed by atoms with Gasteiger partial charge in [0.05, 0.1) is 0 Å². The molecule has 17 heavy (non-hydrogen) atoms. The molecule has 1 rings (SSSR count). The van der Waals surface area contributed by atoms with Crippen molar-refractivity contribution in [2.75, 3.05) is 13.6 Å². The Morgan fingerprint density at radius 2 is 1.76 bits per heavy atom. The van der Waals surface area contributed by atoms with E-state index in [1.807, 2.05) is 0 Å². The number of rotatable bonds is 5. The van der Waals surface area contributed by atoms with Crippen molar-refractivity contribution in [3.05, 3.63) is 35.9 Å². The molecule has 2 nitrogen and oxygen atoms in total. The van der Waals surface area contributed by atoms with Crippen LogP contribution in [0.15, 0.2) is 30.3 Å². The SMILES string of the molecule is CN(CCC(N)C(C)(C)C)Cc1ccccc1.